The summed E-state index contributed by atoms with van der Waals surface area (Å²) in [5.74, 6) is 0. The highest BCUT2D eigenvalue weighted by Crippen LogP contribution is 2.43. The van der Waals surface area contributed by atoms with E-state index >= 15 is 0 Å². The van der Waals surface area contributed by atoms with Crippen molar-refractivity contribution >= 4 is 109 Å². The largest absolute Gasteiger partial charge is 0.309 e. The number of benzene rings is 12. The summed E-state index contributed by atoms with van der Waals surface area (Å²) >= 11 is 0. The summed E-state index contributed by atoms with van der Waals surface area (Å²) in [4.78, 5) is 10.9. The van der Waals surface area contributed by atoms with Gasteiger partial charge in [0.25, 0.3) is 0 Å². The second-order valence-corrected chi connectivity index (χ2v) is 18.1. The molecule has 0 saturated heterocycles. The van der Waals surface area contributed by atoms with Crippen LogP contribution in [0.3, 0.4) is 0 Å². The van der Waals surface area contributed by atoms with Crippen molar-refractivity contribution in [2.45, 2.75) is 0 Å². The van der Waals surface area contributed by atoms with Crippen molar-refractivity contribution in [1.82, 2.24) is 19.1 Å². The average molecular weight is 863 g/mol. The van der Waals surface area contributed by atoms with E-state index in [0.29, 0.717) is 0 Å². The van der Waals surface area contributed by atoms with E-state index in [9.17, 15) is 0 Å². The van der Waals surface area contributed by atoms with Crippen molar-refractivity contribution in [2.75, 3.05) is 0 Å². The SMILES string of the molecule is c1ccc2cc3c(cc2c1)c1ccc(-n2c4ccccc4c4c5ccccc5ccc42)cc1n3-c1cccc2c(-c3nc4ccccc4nc3-c3ccc4c(ccc5ccccc54)c3)cccc12. The second-order valence-electron chi connectivity index (χ2n) is 18.1. The second kappa shape index (κ2) is 14.2. The Morgan fingerprint density at radius 3 is 1.74 bits per heavy atom. The summed E-state index contributed by atoms with van der Waals surface area (Å²) in [6.07, 6.45) is 0. The molecule has 0 spiro atoms. The number of fused-ring (bicyclic) bond motifs is 14. The molecule has 3 heterocycles. The zero-order chi connectivity index (χ0) is 44.5. The Labute approximate surface area is 390 Å². The number of hydrogen-bond acceptors (Lipinski definition) is 2. The van der Waals surface area contributed by atoms with E-state index in [1.165, 1.54) is 75.7 Å². The molecule has 0 unspecified atom stereocenters. The van der Waals surface area contributed by atoms with Crippen LogP contribution >= 0.6 is 0 Å². The Balaban J connectivity index is 0.992. The summed E-state index contributed by atoms with van der Waals surface area (Å²) < 4.78 is 4.95. The van der Waals surface area contributed by atoms with Crippen LogP contribution in [0, 0.1) is 0 Å². The molecule has 68 heavy (non-hydrogen) atoms. The molecule has 0 bridgehead atoms. The van der Waals surface area contributed by atoms with Crippen LogP contribution in [0.5, 0.6) is 0 Å². The van der Waals surface area contributed by atoms with Crippen molar-refractivity contribution in [1.29, 1.82) is 0 Å². The van der Waals surface area contributed by atoms with Gasteiger partial charge in [0.2, 0.25) is 0 Å². The molecule has 0 aliphatic carbocycles. The van der Waals surface area contributed by atoms with Crippen LogP contribution in [0.1, 0.15) is 0 Å². The highest BCUT2D eigenvalue weighted by molar-refractivity contribution is 6.22. The predicted molar refractivity (Wildman–Crippen MR) is 287 cm³/mol. The van der Waals surface area contributed by atoms with Crippen LogP contribution in [0.25, 0.3) is 142 Å². The van der Waals surface area contributed by atoms with E-state index in [2.05, 4.69) is 228 Å². The van der Waals surface area contributed by atoms with Crippen LogP contribution < -0.4 is 0 Å². The van der Waals surface area contributed by atoms with Gasteiger partial charge in [0.1, 0.15) is 0 Å². The summed E-state index contributed by atoms with van der Waals surface area (Å²) in [7, 11) is 0. The molecule has 0 amide bonds. The Hall–Kier alpha value is -9.12. The number of rotatable bonds is 4. The van der Waals surface area contributed by atoms with Gasteiger partial charge >= 0.3 is 0 Å². The molecule has 0 aliphatic rings. The third kappa shape index (κ3) is 5.37. The normalized spacial score (nSPS) is 12.1. The van der Waals surface area contributed by atoms with Crippen molar-refractivity contribution in [3.8, 4) is 33.9 Å². The quantitative estimate of drug-likeness (QED) is 0.165. The molecule has 3 aromatic heterocycles. The average Bonchev–Trinajstić information content (AvgIpc) is 3.91. The van der Waals surface area contributed by atoms with Gasteiger partial charge in [-0.25, -0.2) is 9.97 Å². The van der Waals surface area contributed by atoms with Crippen LogP contribution in [-0.4, -0.2) is 19.1 Å². The molecule has 0 atom stereocenters. The molecule has 15 aromatic rings. The predicted octanol–water partition coefficient (Wildman–Crippen LogP) is 16.9. The Morgan fingerprint density at radius 2 is 0.882 bits per heavy atom. The van der Waals surface area contributed by atoms with Gasteiger partial charge in [-0.1, -0.05) is 170 Å². The van der Waals surface area contributed by atoms with E-state index < -0.39 is 0 Å². The first-order valence-electron chi connectivity index (χ1n) is 23.3. The highest BCUT2D eigenvalue weighted by atomic mass is 15.0. The molecular formula is C64H38N4. The fourth-order valence-corrected chi connectivity index (χ4v) is 11.4. The zero-order valence-electron chi connectivity index (χ0n) is 36.7. The van der Waals surface area contributed by atoms with Crippen LogP contribution in [0.15, 0.2) is 231 Å². The van der Waals surface area contributed by atoms with Crippen molar-refractivity contribution in [3.05, 3.63) is 231 Å². The summed E-state index contributed by atoms with van der Waals surface area (Å²) in [5.41, 5.74) is 12.5. The third-order valence-corrected chi connectivity index (χ3v) is 14.4. The molecule has 0 N–H and O–H groups in total. The maximum atomic E-state index is 5.46. The van der Waals surface area contributed by atoms with E-state index in [1.807, 2.05) is 12.1 Å². The number of aromatic nitrogens is 4. The lowest BCUT2D eigenvalue weighted by atomic mass is 9.95. The van der Waals surface area contributed by atoms with Crippen LogP contribution in [0.2, 0.25) is 0 Å². The van der Waals surface area contributed by atoms with E-state index in [1.54, 1.807) is 0 Å². The first kappa shape index (κ1) is 37.1. The Morgan fingerprint density at radius 1 is 0.279 bits per heavy atom. The molecule has 15 rings (SSSR count). The summed E-state index contributed by atoms with van der Waals surface area (Å²) in [5, 5.41) is 17.0. The topological polar surface area (TPSA) is 35.6 Å². The third-order valence-electron chi connectivity index (χ3n) is 14.4. The fourth-order valence-electron chi connectivity index (χ4n) is 11.4. The standard InChI is InChI=1S/C64H38N4/c1-2-16-42-37-60-54(36-41(42)15-1)51-33-31-45(67-58-25-10-7-19-53(58)62-48-18-6-4-14-40(48)30-34-59(62)67)38-61(51)68(60)57-26-12-20-49-50(57)21-11-22-52(49)64-63(65-55-23-8-9-24-56(55)66-64)44-29-32-47-43(35-44)28-27-39-13-3-5-17-46(39)47/h1-38H. The molecule has 4 heteroatoms. The van der Waals surface area contributed by atoms with E-state index in [0.717, 1.165) is 66.7 Å². The number of para-hydroxylation sites is 3. The maximum Gasteiger partial charge on any atom is 0.0979 e. The fraction of sp³-hybridized carbons (Fsp3) is 0. The molecule has 0 radical (unpaired) electrons. The summed E-state index contributed by atoms with van der Waals surface area (Å²) in [6.45, 7) is 0. The van der Waals surface area contributed by atoms with Gasteiger partial charge in [0.15, 0.2) is 0 Å². The highest BCUT2D eigenvalue weighted by Gasteiger charge is 2.22. The van der Waals surface area contributed by atoms with Crippen molar-refractivity contribution < 1.29 is 0 Å². The minimum atomic E-state index is 0.862. The minimum Gasteiger partial charge on any atom is -0.309 e. The lowest BCUT2D eigenvalue weighted by Gasteiger charge is -2.17. The van der Waals surface area contributed by atoms with Crippen molar-refractivity contribution in [3.63, 3.8) is 0 Å². The lowest BCUT2D eigenvalue weighted by Crippen LogP contribution is -1.99. The first-order chi connectivity index (χ1) is 33.7. The van der Waals surface area contributed by atoms with Crippen LogP contribution in [0.4, 0.5) is 0 Å². The number of nitrogens with zero attached hydrogens (tertiary/aromatic N) is 4. The Bertz CT molecular complexity index is 4630. The van der Waals surface area contributed by atoms with Gasteiger partial charge in [0.05, 0.1) is 50.2 Å². The first-order valence-corrected chi connectivity index (χ1v) is 23.3. The molecule has 314 valence electrons. The molecule has 0 saturated carbocycles. The van der Waals surface area contributed by atoms with Crippen LogP contribution in [-0.2, 0) is 0 Å². The molecule has 0 aliphatic heterocycles. The lowest BCUT2D eigenvalue weighted by molar-refractivity contribution is 1.16. The van der Waals surface area contributed by atoms with Crippen molar-refractivity contribution in [2.24, 2.45) is 0 Å². The summed E-state index contributed by atoms with van der Waals surface area (Å²) in [6, 6.07) is 84.0. The van der Waals surface area contributed by atoms with Gasteiger partial charge in [0, 0.05) is 43.7 Å². The van der Waals surface area contributed by atoms with Gasteiger partial charge in [-0.3, -0.25) is 0 Å². The Kier molecular flexibility index (Phi) is 7.75. The molecular weight excluding hydrogens is 825 g/mol. The zero-order valence-corrected chi connectivity index (χ0v) is 36.7. The van der Waals surface area contributed by atoms with E-state index in [4.69, 9.17) is 9.97 Å². The monoisotopic (exact) mass is 862 g/mol. The van der Waals surface area contributed by atoms with Gasteiger partial charge in [-0.05, 0) is 109 Å². The number of hydrogen-bond donors (Lipinski definition) is 0. The maximum absolute atomic E-state index is 5.46. The smallest absolute Gasteiger partial charge is 0.0979 e. The molecule has 0 fully saturated rings. The van der Waals surface area contributed by atoms with E-state index in [-0.39, 0.29) is 0 Å². The molecule has 4 nitrogen and oxygen atoms in total. The molecule has 12 aromatic carbocycles. The van der Waals surface area contributed by atoms with Gasteiger partial charge in [-0.15, -0.1) is 0 Å². The van der Waals surface area contributed by atoms with Gasteiger partial charge in [-0.2, -0.15) is 0 Å². The van der Waals surface area contributed by atoms with Gasteiger partial charge < -0.3 is 9.13 Å². The minimum absolute atomic E-state index is 0.862.